The number of piperidine rings is 1. The third-order valence-corrected chi connectivity index (χ3v) is 4.53. The van der Waals surface area contributed by atoms with E-state index in [1.54, 1.807) is 0 Å². The topological polar surface area (TPSA) is 29.9 Å². The number of aromatic nitrogens is 2. The summed E-state index contributed by atoms with van der Waals surface area (Å²) in [6, 6.07) is 0.678. The molecule has 1 aromatic rings. The molecule has 3 nitrogen and oxygen atoms in total. The lowest BCUT2D eigenvalue weighted by Gasteiger charge is -2.22. The Morgan fingerprint density at radius 2 is 2.06 bits per heavy atom. The first-order chi connectivity index (χ1) is 8.92. The molecule has 3 rings (SSSR count). The second-order valence-corrected chi connectivity index (χ2v) is 6.04. The van der Waals surface area contributed by atoms with Gasteiger partial charge in [0.05, 0.1) is 12.2 Å². The van der Waals surface area contributed by atoms with E-state index in [0.29, 0.717) is 6.04 Å². The molecule has 1 aliphatic heterocycles. The molecule has 1 aliphatic carbocycles. The molecule has 3 heteroatoms. The first kappa shape index (κ1) is 12.2. The monoisotopic (exact) mass is 247 g/mol. The van der Waals surface area contributed by atoms with Crippen LogP contribution in [0.3, 0.4) is 0 Å². The van der Waals surface area contributed by atoms with Crippen LogP contribution in [0.15, 0.2) is 12.4 Å². The summed E-state index contributed by atoms with van der Waals surface area (Å²) in [5.74, 6) is 0.822. The Morgan fingerprint density at radius 1 is 1.17 bits per heavy atom. The van der Waals surface area contributed by atoms with Gasteiger partial charge in [-0.1, -0.05) is 19.3 Å². The average Bonchev–Trinajstić information content (AvgIpc) is 2.89. The predicted molar refractivity (Wildman–Crippen MR) is 73.6 cm³/mol. The molecule has 2 heterocycles. The van der Waals surface area contributed by atoms with Gasteiger partial charge in [-0.3, -0.25) is 4.68 Å². The molecule has 1 saturated carbocycles. The fourth-order valence-electron chi connectivity index (χ4n) is 3.46. The number of rotatable bonds is 3. The van der Waals surface area contributed by atoms with Crippen molar-refractivity contribution in [2.24, 2.45) is 5.92 Å². The Labute approximate surface area is 110 Å². The minimum Gasteiger partial charge on any atom is -0.316 e. The van der Waals surface area contributed by atoms with E-state index in [1.807, 2.05) is 0 Å². The van der Waals surface area contributed by atoms with Crippen LogP contribution in [-0.2, 0) is 6.42 Å². The maximum absolute atomic E-state index is 4.60. The van der Waals surface area contributed by atoms with E-state index in [0.717, 1.165) is 5.92 Å². The lowest BCUT2D eigenvalue weighted by molar-refractivity contribution is 0.329. The SMILES string of the molecule is c1nn(C2CCCCC2)cc1CC1CCCNC1. The van der Waals surface area contributed by atoms with Crippen LogP contribution >= 0.6 is 0 Å². The lowest BCUT2D eigenvalue weighted by atomic mass is 9.93. The van der Waals surface area contributed by atoms with Crippen LogP contribution in [0.5, 0.6) is 0 Å². The van der Waals surface area contributed by atoms with Gasteiger partial charge in [0.25, 0.3) is 0 Å². The van der Waals surface area contributed by atoms with Crippen molar-refractivity contribution in [2.75, 3.05) is 13.1 Å². The van der Waals surface area contributed by atoms with Gasteiger partial charge in [0.1, 0.15) is 0 Å². The predicted octanol–water partition coefficient (Wildman–Crippen LogP) is 2.93. The number of nitrogens with zero attached hydrogens (tertiary/aromatic N) is 2. The quantitative estimate of drug-likeness (QED) is 0.890. The highest BCUT2D eigenvalue weighted by atomic mass is 15.3. The molecule has 2 fully saturated rings. The van der Waals surface area contributed by atoms with Crippen molar-refractivity contribution in [1.82, 2.24) is 15.1 Å². The first-order valence-electron chi connectivity index (χ1n) is 7.65. The summed E-state index contributed by atoms with van der Waals surface area (Å²) in [7, 11) is 0. The largest absolute Gasteiger partial charge is 0.316 e. The van der Waals surface area contributed by atoms with Crippen molar-refractivity contribution in [3.05, 3.63) is 18.0 Å². The summed E-state index contributed by atoms with van der Waals surface area (Å²) in [5.41, 5.74) is 1.44. The van der Waals surface area contributed by atoms with Crippen LogP contribution in [-0.4, -0.2) is 22.9 Å². The Bertz CT molecular complexity index is 360. The number of nitrogens with one attached hydrogen (secondary N) is 1. The van der Waals surface area contributed by atoms with E-state index in [-0.39, 0.29) is 0 Å². The highest BCUT2D eigenvalue weighted by Crippen LogP contribution is 2.28. The van der Waals surface area contributed by atoms with Crippen molar-refractivity contribution < 1.29 is 0 Å². The summed E-state index contributed by atoms with van der Waals surface area (Å²) in [6.45, 7) is 2.40. The van der Waals surface area contributed by atoms with Crippen LogP contribution in [0.1, 0.15) is 56.6 Å². The highest BCUT2D eigenvalue weighted by molar-refractivity contribution is 5.06. The molecule has 18 heavy (non-hydrogen) atoms. The Hall–Kier alpha value is -0.830. The van der Waals surface area contributed by atoms with E-state index in [1.165, 1.54) is 70.0 Å². The average molecular weight is 247 g/mol. The van der Waals surface area contributed by atoms with Gasteiger partial charge >= 0.3 is 0 Å². The van der Waals surface area contributed by atoms with E-state index >= 15 is 0 Å². The van der Waals surface area contributed by atoms with E-state index in [2.05, 4.69) is 27.5 Å². The summed E-state index contributed by atoms with van der Waals surface area (Å²) in [5, 5.41) is 8.10. The lowest BCUT2D eigenvalue weighted by Crippen LogP contribution is -2.30. The van der Waals surface area contributed by atoms with E-state index in [9.17, 15) is 0 Å². The molecule has 100 valence electrons. The van der Waals surface area contributed by atoms with Crippen LogP contribution in [0.2, 0.25) is 0 Å². The van der Waals surface area contributed by atoms with Crippen LogP contribution in [0.25, 0.3) is 0 Å². The summed E-state index contributed by atoms with van der Waals surface area (Å²) < 4.78 is 2.24. The van der Waals surface area contributed by atoms with Crippen molar-refractivity contribution in [1.29, 1.82) is 0 Å². The van der Waals surface area contributed by atoms with Crippen molar-refractivity contribution in [2.45, 2.75) is 57.4 Å². The number of hydrogen-bond acceptors (Lipinski definition) is 2. The maximum Gasteiger partial charge on any atom is 0.0521 e. The van der Waals surface area contributed by atoms with Crippen LogP contribution in [0.4, 0.5) is 0 Å². The summed E-state index contributed by atoms with van der Waals surface area (Å²) in [6.07, 6.45) is 15.2. The molecule has 0 spiro atoms. The fraction of sp³-hybridized carbons (Fsp3) is 0.800. The van der Waals surface area contributed by atoms with E-state index < -0.39 is 0 Å². The van der Waals surface area contributed by atoms with Gasteiger partial charge in [-0.25, -0.2) is 0 Å². The van der Waals surface area contributed by atoms with Gasteiger partial charge < -0.3 is 5.32 Å². The van der Waals surface area contributed by atoms with Gasteiger partial charge in [0, 0.05) is 6.20 Å². The molecule has 0 aromatic carbocycles. The molecule has 1 unspecified atom stereocenters. The highest BCUT2D eigenvalue weighted by Gasteiger charge is 2.18. The maximum atomic E-state index is 4.60. The first-order valence-corrected chi connectivity index (χ1v) is 7.65. The second-order valence-electron chi connectivity index (χ2n) is 6.04. The molecule has 0 amide bonds. The Balaban J connectivity index is 1.58. The molecule has 2 aliphatic rings. The van der Waals surface area contributed by atoms with Crippen molar-refractivity contribution in [3.8, 4) is 0 Å². The van der Waals surface area contributed by atoms with Crippen molar-refractivity contribution >= 4 is 0 Å². The zero-order chi connectivity index (χ0) is 12.2. The molecular weight excluding hydrogens is 222 g/mol. The molecule has 0 bridgehead atoms. The van der Waals surface area contributed by atoms with Gasteiger partial charge in [-0.05, 0) is 56.7 Å². The smallest absolute Gasteiger partial charge is 0.0521 e. The minimum atomic E-state index is 0.678. The minimum absolute atomic E-state index is 0.678. The number of hydrogen-bond donors (Lipinski definition) is 1. The van der Waals surface area contributed by atoms with Crippen LogP contribution < -0.4 is 5.32 Å². The van der Waals surface area contributed by atoms with Gasteiger partial charge in [-0.15, -0.1) is 0 Å². The third-order valence-electron chi connectivity index (χ3n) is 4.53. The van der Waals surface area contributed by atoms with Crippen molar-refractivity contribution in [3.63, 3.8) is 0 Å². The molecule has 1 saturated heterocycles. The zero-order valence-electron chi connectivity index (χ0n) is 11.3. The van der Waals surface area contributed by atoms with Gasteiger partial charge in [0.2, 0.25) is 0 Å². The Morgan fingerprint density at radius 3 is 2.83 bits per heavy atom. The molecule has 0 radical (unpaired) electrons. The van der Waals surface area contributed by atoms with Gasteiger partial charge in [-0.2, -0.15) is 5.10 Å². The molecule has 1 atom stereocenters. The standard InChI is InChI=1S/C15H25N3/c1-2-6-15(7-3-1)18-12-14(11-17-18)9-13-5-4-8-16-10-13/h11-13,15-16H,1-10H2. The molecule has 1 N–H and O–H groups in total. The van der Waals surface area contributed by atoms with Gasteiger partial charge in [0.15, 0.2) is 0 Å². The normalized spacial score (nSPS) is 26.3. The fourth-order valence-corrected chi connectivity index (χ4v) is 3.46. The summed E-state index contributed by atoms with van der Waals surface area (Å²) >= 11 is 0. The molecular formula is C15H25N3. The van der Waals surface area contributed by atoms with Crippen LogP contribution in [0, 0.1) is 5.92 Å². The summed E-state index contributed by atoms with van der Waals surface area (Å²) in [4.78, 5) is 0. The zero-order valence-corrected chi connectivity index (χ0v) is 11.3. The van der Waals surface area contributed by atoms with E-state index in [4.69, 9.17) is 0 Å². The Kier molecular flexibility index (Phi) is 3.99. The second kappa shape index (κ2) is 5.87. The molecule has 1 aromatic heterocycles. The third kappa shape index (κ3) is 2.94.